The second kappa shape index (κ2) is 8.93. The minimum Gasteiger partial charge on any atom is -0.478 e. The van der Waals surface area contributed by atoms with Crippen LogP contribution in [0, 0.1) is 0 Å². The van der Waals surface area contributed by atoms with Crippen LogP contribution in [-0.2, 0) is 4.74 Å². The molecule has 0 aromatic carbocycles. The lowest BCUT2D eigenvalue weighted by atomic mass is 10.3. The fourth-order valence-corrected chi connectivity index (χ4v) is 1.78. The molecule has 0 fully saturated rings. The molecule has 1 aromatic rings. The van der Waals surface area contributed by atoms with E-state index in [1.165, 1.54) is 6.33 Å². The lowest BCUT2D eigenvalue weighted by Crippen LogP contribution is -2.34. The maximum Gasteiger partial charge on any atom is 0.218 e. The number of alkyl halides is 1. The molecule has 0 saturated heterocycles. The third kappa shape index (κ3) is 5.61. The number of nitrogens with zero attached hydrogens (tertiary/aromatic N) is 3. The smallest absolute Gasteiger partial charge is 0.218 e. The summed E-state index contributed by atoms with van der Waals surface area (Å²) in [7, 11) is 0. The average molecular weight is 288 g/mol. The Morgan fingerprint density at radius 1 is 1.32 bits per heavy atom. The molecule has 0 aliphatic carbocycles. The van der Waals surface area contributed by atoms with Gasteiger partial charge in [-0.2, -0.15) is 0 Å². The molecular formula is C13H22ClN3O2. The van der Waals surface area contributed by atoms with Crippen LogP contribution in [0.25, 0.3) is 0 Å². The van der Waals surface area contributed by atoms with Crippen molar-refractivity contribution in [1.82, 2.24) is 9.97 Å². The van der Waals surface area contributed by atoms with Gasteiger partial charge in [-0.15, -0.1) is 11.6 Å². The van der Waals surface area contributed by atoms with Crippen molar-refractivity contribution in [1.29, 1.82) is 0 Å². The molecule has 5 nitrogen and oxygen atoms in total. The molecule has 0 unspecified atom stereocenters. The number of aromatic nitrogens is 2. The molecule has 1 heterocycles. The normalized spacial score (nSPS) is 10.8. The van der Waals surface area contributed by atoms with E-state index in [-0.39, 0.29) is 0 Å². The fraction of sp³-hybridized carbons (Fsp3) is 0.692. The quantitative estimate of drug-likeness (QED) is 0.515. The maximum atomic E-state index is 5.58. The van der Waals surface area contributed by atoms with Gasteiger partial charge in [0.25, 0.3) is 0 Å². The number of hydrogen-bond donors (Lipinski definition) is 0. The monoisotopic (exact) mass is 287 g/mol. The van der Waals surface area contributed by atoms with Gasteiger partial charge in [0.05, 0.1) is 19.8 Å². The van der Waals surface area contributed by atoms with Crippen LogP contribution in [0.3, 0.4) is 0 Å². The number of rotatable bonds is 9. The second-order valence-corrected chi connectivity index (χ2v) is 4.61. The minimum atomic E-state index is 0.323. The topological polar surface area (TPSA) is 47.5 Å². The summed E-state index contributed by atoms with van der Waals surface area (Å²) >= 11 is 5.58. The zero-order chi connectivity index (χ0) is 14.1. The molecule has 0 saturated carbocycles. The van der Waals surface area contributed by atoms with Crippen molar-refractivity contribution in [2.45, 2.75) is 26.8 Å². The highest BCUT2D eigenvalue weighted by Gasteiger charge is 2.13. The minimum absolute atomic E-state index is 0.323. The zero-order valence-corrected chi connectivity index (χ0v) is 12.6. The first kappa shape index (κ1) is 16.0. The molecule has 1 rings (SSSR count). The molecule has 0 aliphatic heterocycles. The molecule has 0 aliphatic rings. The highest BCUT2D eigenvalue weighted by atomic mass is 35.5. The van der Waals surface area contributed by atoms with Crippen molar-refractivity contribution in [3.63, 3.8) is 0 Å². The summed E-state index contributed by atoms with van der Waals surface area (Å²) < 4.78 is 10.8. The Morgan fingerprint density at radius 2 is 2.11 bits per heavy atom. The summed E-state index contributed by atoms with van der Waals surface area (Å²) in [4.78, 5) is 10.5. The fourth-order valence-electron chi connectivity index (χ4n) is 1.67. The molecule has 0 amide bonds. The van der Waals surface area contributed by atoms with E-state index in [2.05, 4.69) is 28.7 Å². The molecule has 0 N–H and O–H groups in total. The van der Waals surface area contributed by atoms with E-state index >= 15 is 0 Å². The highest BCUT2D eigenvalue weighted by Crippen LogP contribution is 2.17. The van der Waals surface area contributed by atoms with Crippen LogP contribution < -0.4 is 9.64 Å². The van der Waals surface area contributed by atoms with Crippen LogP contribution in [0.4, 0.5) is 5.82 Å². The van der Waals surface area contributed by atoms with Gasteiger partial charge in [-0.05, 0) is 20.8 Å². The van der Waals surface area contributed by atoms with Crippen molar-refractivity contribution in [3.05, 3.63) is 12.4 Å². The van der Waals surface area contributed by atoms with E-state index in [0.29, 0.717) is 37.6 Å². The Labute approximate surface area is 119 Å². The predicted octanol–water partition coefficient (Wildman–Crippen LogP) is 2.35. The summed E-state index contributed by atoms with van der Waals surface area (Å²) in [6.45, 7) is 8.71. The lowest BCUT2D eigenvalue weighted by Gasteiger charge is -2.27. The second-order valence-electron chi connectivity index (χ2n) is 4.24. The van der Waals surface area contributed by atoms with E-state index in [1.54, 1.807) is 0 Å². The lowest BCUT2D eigenvalue weighted by molar-refractivity contribution is 0.154. The van der Waals surface area contributed by atoms with Gasteiger partial charge in [-0.25, -0.2) is 9.97 Å². The Bertz CT molecular complexity index is 363. The van der Waals surface area contributed by atoms with Gasteiger partial charge in [0.15, 0.2) is 0 Å². The third-order valence-corrected chi connectivity index (χ3v) is 2.69. The largest absolute Gasteiger partial charge is 0.478 e. The maximum absolute atomic E-state index is 5.58. The Kier molecular flexibility index (Phi) is 7.52. The molecule has 0 atom stereocenters. The molecule has 108 valence electrons. The Morgan fingerprint density at radius 3 is 2.74 bits per heavy atom. The molecule has 0 spiro atoms. The van der Waals surface area contributed by atoms with Gasteiger partial charge >= 0.3 is 0 Å². The van der Waals surface area contributed by atoms with Crippen molar-refractivity contribution in [2.24, 2.45) is 0 Å². The van der Waals surface area contributed by atoms with Gasteiger partial charge in [0.1, 0.15) is 12.1 Å². The van der Waals surface area contributed by atoms with Gasteiger partial charge in [-0.1, -0.05) is 0 Å². The van der Waals surface area contributed by atoms with E-state index in [4.69, 9.17) is 21.1 Å². The standard InChI is InChI=1S/C13H22ClN3O2/c1-4-19-13-9-12(15-10-16-13)17(11(2)3)6-8-18-7-5-14/h9-11H,4-8H2,1-3H3. The van der Waals surface area contributed by atoms with Crippen LogP contribution in [-0.4, -0.2) is 48.3 Å². The average Bonchev–Trinajstić information content (AvgIpc) is 2.39. The van der Waals surface area contributed by atoms with Crippen LogP contribution in [0.5, 0.6) is 5.88 Å². The van der Waals surface area contributed by atoms with E-state index in [9.17, 15) is 0 Å². The van der Waals surface area contributed by atoms with E-state index in [0.717, 1.165) is 12.4 Å². The number of ether oxygens (including phenoxy) is 2. The van der Waals surface area contributed by atoms with Gasteiger partial charge in [-0.3, -0.25) is 0 Å². The van der Waals surface area contributed by atoms with Crippen molar-refractivity contribution in [2.75, 3.05) is 37.1 Å². The first-order valence-electron chi connectivity index (χ1n) is 6.54. The molecule has 0 radical (unpaired) electrons. The van der Waals surface area contributed by atoms with Crippen LogP contribution in [0.2, 0.25) is 0 Å². The van der Waals surface area contributed by atoms with Crippen LogP contribution in [0.1, 0.15) is 20.8 Å². The predicted molar refractivity (Wildman–Crippen MR) is 77.2 cm³/mol. The highest BCUT2D eigenvalue weighted by molar-refractivity contribution is 6.17. The Hall–Kier alpha value is -1.07. The molecular weight excluding hydrogens is 266 g/mol. The van der Waals surface area contributed by atoms with E-state index < -0.39 is 0 Å². The number of anilines is 1. The first-order chi connectivity index (χ1) is 9.19. The van der Waals surface area contributed by atoms with Crippen LogP contribution in [0.15, 0.2) is 12.4 Å². The van der Waals surface area contributed by atoms with Crippen molar-refractivity contribution in [3.8, 4) is 5.88 Å². The zero-order valence-electron chi connectivity index (χ0n) is 11.8. The van der Waals surface area contributed by atoms with Gasteiger partial charge in [0.2, 0.25) is 5.88 Å². The summed E-state index contributed by atoms with van der Waals surface area (Å²) in [5.41, 5.74) is 0. The SMILES string of the molecule is CCOc1cc(N(CCOCCCl)C(C)C)ncn1. The number of hydrogen-bond acceptors (Lipinski definition) is 5. The molecule has 19 heavy (non-hydrogen) atoms. The molecule has 6 heteroatoms. The molecule has 0 bridgehead atoms. The summed E-state index contributed by atoms with van der Waals surface area (Å²) in [6, 6.07) is 2.18. The van der Waals surface area contributed by atoms with Crippen molar-refractivity contribution >= 4 is 17.4 Å². The third-order valence-electron chi connectivity index (χ3n) is 2.54. The number of halogens is 1. The summed E-state index contributed by atoms with van der Waals surface area (Å²) in [5, 5.41) is 0. The van der Waals surface area contributed by atoms with Crippen LogP contribution >= 0.6 is 11.6 Å². The van der Waals surface area contributed by atoms with Crippen molar-refractivity contribution < 1.29 is 9.47 Å². The van der Waals surface area contributed by atoms with Gasteiger partial charge < -0.3 is 14.4 Å². The summed E-state index contributed by atoms with van der Waals surface area (Å²) in [6.07, 6.45) is 1.52. The summed E-state index contributed by atoms with van der Waals surface area (Å²) in [5.74, 6) is 1.96. The van der Waals surface area contributed by atoms with E-state index in [1.807, 2.05) is 13.0 Å². The Balaban J connectivity index is 2.66. The first-order valence-corrected chi connectivity index (χ1v) is 7.07. The molecule has 1 aromatic heterocycles. The van der Waals surface area contributed by atoms with Gasteiger partial charge in [0, 0.05) is 24.5 Å².